The molecule has 0 spiro atoms. The van der Waals surface area contributed by atoms with Crippen LogP contribution in [0.3, 0.4) is 0 Å². The van der Waals surface area contributed by atoms with E-state index in [4.69, 9.17) is 0 Å². The Balaban J connectivity index is 1.14. The highest BCUT2D eigenvalue weighted by atomic mass is 15.1. The normalized spacial score (nSPS) is 15.0. The number of rotatable bonds is 3. The zero-order valence-corrected chi connectivity index (χ0v) is 31.8. The third-order valence-corrected chi connectivity index (χ3v) is 12.5. The monoisotopic (exact) mass is 683 g/mol. The zero-order valence-electron chi connectivity index (χ0n) is 31.8. The van der Waals surface area contributed by atoms with Gasteiger partial charge in [-0.15, -0.1) is 0 Å². The van der Waals surface area contributed by atoms with Gasteiger partial charge in [0.1, 0.15) is 0 Å². The third kappa shape index (κ3) is 4.69. The molecule has 0 heterocycles. The fraction of sp³-hybridized carbons (Fsp3) is 0.192. The molecule has 2 aliphatic carbocycles. The Bertz CT molecular complexity index is 2810. The summed E-state index contributed by atoms with van der Waals surface area (Å²) in [5.41, 5.74) is 15.8. The van der Waals surface area contributed by atoms with Crippen molar-refractivity contribution in [2.45, 2.75) is 64.7 Å². The van der Waals surface area contributed by atoms with Crippen LogP contribution in [0.1, 0.15) is 76.3 Å². The first-order valence-corrected chi connectivity index (χ1v) is 19.1. The molecule has 0 atom stereocenters. The van der Waals surface area contributed by atoms with Crippen LogP contribution < -0.4 is 4.90 Å². The molecule has 8 aromatic rings. The number of nitrogens with zero attached hydrogens (tertiary/aromatic N) is 1. The van der Waals surface area contributed by atoms with Crippen molar-refractivity contribution in [1.29, 1.82) is 0 Å². The summed E-state index contributed by atoms with van der Waals surface area (Å²) in [5, 5.41) is 7.77. The van der Waals surface area contributed by atoms with E-state index in [1.807, 2.05) is 0 Å². The van der Waals surface area contributed by atoms with Crippen molar-refractivity contribution < 1.29 is 0 Å². The van der Waals surface area contributed by atoms with Crippen molar-refractivity contribution in [1.82, 2.24) is 0 Å². The largest absolute Gasteiger partial charge is 0.310 e. The fourth-order valence-corrected chi connectivity index (χ4v) is 9.48. The van der Waals surface area contributed by atoms with E-state index in [0.29, 0.717) is 0 Å². The van der Waals surface area contributed by atoms with Crippen LogP contribution in [0, 0.1) is 0 Å². The van der Waals surface area contributed by atoms with Crippen LogP contribution in [0.5, 0.6) is 0 Å². The number of hydrogen-bond acceptors (Lipinski definition) is 1. The maximum Gasteiger partial charge on any atom is 0.0468 e. The van der Waals surface area contributed by atoms with Gasteiger partial charge >= 0.3 is 0 Å². The first kappa shape index (κ1) is 32.0. The highest BCUT2D eigenvalue weighted by Gasteiger charge is 2.38. The lowest BCUT2D eigenvalue weighted by Gasteiger charge is -2.29. The third-order valence-electron chi connectivity index (χ3n) is 12.5. The second-order valence-electron chi connectivity index (χ2n) is 17.5. The van der Waals surface area contributed by atoms with E-state index in [9.17, 15) is 0 Å². The van der Waals surface area contributed by atoms with E-state index in [1.165, 1.54) is 93.8 Å². The first-order valence-electron chi connectivity index (χ1n) is 19.1. The van der Waals surface area contributed by atoms with E-state index in [0.717, 1.165) is 5.69 Å². The Morgan fingerprint density at radius 1 is 0.396 bits per heavy atom. The molecular weight excluding hydrogens is 639 g/mol. The van der Waals surface area contributed by atoms with Gasteiger partial charge in [-0.3, -0.25) is 0 Å². The molecule has 2 aliphatic rings. The quantitative estimate of drug-likeness (QED) is 0.179. The maximum atomic E-state index is 2.47. The smallest absolute Gasteiger partial charge is 0.0468 e. The lowest BCUT2D eigenvalue weighted by atomic mass is 9.81. The van der Waals surface area contributed by atoms with Crippen molar-refractivity contribution in [3.63, 3.8) is 0 Å². The predicted octanol–water partition coefficient (Wildman–Crippen LogP) is 14.5. The lowest BCUT2D eigenvalue weighted by molar-refractivity contribution is 0.590. The van der Waals surface area contributed by atoms with Gasteiger partial charge in [-0.25, -0.2) is 0 Å². The fourth-order valence-electron chi connectivity index (χ4n) is 9.48. The number of hydrogen-bond donors (Lipinski definition) is 0. The second-order valence-corrected chi connectivity index (χ2v) is 17.5. The average molecular weight is 684 g/mol. The van der Waals surface area contributed by atoms with Gasteiger partial charge in [0, 0.05) is 27.9 Å². The minimum absolute atomic E-state index is 0.0784. The molecule has 258 valence electrons. The van der Waals surface area contributed by atoms with Crippen LogP contribution in [0.4, 0.5) is 17.1 Å². The van der Waals surface area contributed by atoms with E-state index < -0.39 is 0 Å². The Morgan fingerprint density at radius 3 is 1.60 bits per heavy atom. The summed E-state index contributed by atoms with van der Waals surface area (Å²) in [5.74, 6) is 0. The molecule has 0 aromatic heterocycles. The van der Waals surface area contributed by atoms with Gasteiger partial charge in [-0.05, 0) is 148 Å². The van der Waals surface area contributed by atoms with E-state index in [1.54, 1.807) is 0 Å². The highest BCUT2D eigenvalue weighted by molar-refractivity contribution is 6.03. The minimum Gasteiger partial charge on any atom is -0.310 e. The molecule has 0 fully saturated rings. The number of fused-ring (bicyclic) bond motifs is 10. The van der Waals surface area contributed by atoms with Crippen molar-refractivity contribution in [2.75, 3.05) is 4.90 Å². The van der Waals surface area contributed by atoms with Crippen molar-refractivity contribution >= 4 is 49.4 Å². The summed E-state index contributed by atoms with van der Waals surface area (Å²) in [6, 6.07) is 55.4. The van der Waals surface area contributed by atoms with E-state index in [-0.39, 0.29) is 16.2 Å². The van der Waals surface area contributed by atoms with Crippen molar-refractivity contribution in [2.24, 2.45) is 0 Å². The van der Waals surface area contributed by atoms with Gasteiger partial charge in [0.25, 0.3) is 0 Å². The predicted molar refractivity (Wildman–Crippen MR) is 227 cm³/mol. The van der Waals surface area contributed by atoms with Gasteiger partial charge in [0.15, 0.2) is 0 Å². The van der Waals surface area contributed by atoms with Crippen LogP contribution >= 0.6 is 0 Å². The van der Waals surface area contributed by atoms with E-state index in [2.05, 4.69) is 199 Å². The molecule has 0 saturated carbocycles. The van der Waals surface area contributed by atoms with Gasteiger partial charge in [0.05, 0.1) is 0 Å². The standard InChI is InChI=1S/C52H45N/c1-50(2,3)37-18-21-38(22-19-37)53(40-23-24-42-48(31-40)51(4,5)45-25-17-32-12-10-11-15-41(32)49(42)45)39-20-16-35-28-44-43-27-33-13-8-9-14-34(33)29-46(43)52(6,7)47(44)30-36(35)26-39/h8-31H,1-7H3. The van der Waals surface area contributed by atoms with Crippen LogP contribution in [-0.4, -0.2) is 0 Å². The number of anilines is 3. The van der Waals surface area contributed by atoms with Crippen LogP contribution in [0.15, 0.2) is 146 Å². The van der Waals surface area contributed by atoms with Gasteiger partial charge in [-0.1, -0.05) is 133 Å². The van der Waals surface area contributed by atoms with Gasteiger partial charge in [-0.2, -0.15) is 0 Å². The minimum atomic E-state index is -0.123. The van der Waals surface area contributed by atoms with Crippen LogP contribution in [0.2, 0.25) is 0 Å². The van der Waals surface area contributed by atoms with E-state index >= 15 is 0 Å². The SMILES string of the molecule is CC(C)(C)c1ccc(N(c2ccc3c(c2)C(C)(C)c2ccc4ccccc4c2-3)c2ccc3cc4c(cc3c2)C(C)(C)c2cc3ccccc3cc2-4)cc1. The first-order chi connectivity index (χ1) is 25.4. The molecule has 0 aliphatic heterocycles. The molecule has 0 radical (unpaired) electrons. The molecular formula is C52H45N. The zero-order chi connectivity index (χ0) is 36.4. The molecule has 8 aromatic carbocycles. The molecule has 10 rings (SSSR count). The topological polar surface area (TPSA) is 3.24 Å². The Labute approximate surface area is 313 Å². The molecule has 1 heteroatoms. The molecule has 0 saturated heterocycles. The van der Waals surface area contributed by atoms with Gasteiger partial charge in [0.2, 0.25) is 0 Å². The molecule has 0 unspecified atom stereocenters. The van der Waals surface area contributed by atoms with Crippen molar-refractivity contribution in [3.8, 4) is 22.3 Å². The van der Waals surface area contributed by atoms with Crippen LogP contribution in [-0.2, 0) is 16.2 Å². The summed E-state index contributed by atoms with van der Waals surface area (Å²) in [7, 11) is 0. The number of benzene rings is 8. The summed E-state index contributed by atoms with van der Waals surface area (Å²) in [6.45, 7) is 16.4. The summed E-state index contributed by atoms with van der Waals surface area (Å²) in [6.07, 6.45) is 0. The molecule has 0 bridgehead atoms. The Morgan fingerprint density at radius 2 is 0.906 bits per heavy atom. The molecule has 0 amide bonds. The highest BCUT2D eigenvalue weighted by Crippen LogP contribution is 2.54. The summed E-state index contributed by atoms with van der Waals surface area (Å²) in [4.78, 5) is 2.46. The molecule has 0 N–H and O–H groups in total. The summed E-state index contributed by atoms with van der Waals surface area (Å²) < 4.78 is 0. The average Bonchev–Trinajstić information content (AvgIpc) is 3.51. The second kappa shape index (κ2) is 10.9. The Kier molecular flexibility index (Phi) is 6.61. The maximum absolute atomic E-state index is 2.47. The van der Waals surface area contributed by atoms with Crippen LogP contribution in [0.25, 0.3) is 54.6 Å². The lowest BCUT2D eigenvalue weighted by Crippen LogP contribution is -2.17. The van der Waals surface area contributed by atoms with Gasteiger partial charge < -0.3 is 4.90 Å². The summed E-state index contributed by atoms with van der Waals surface area (Å²) >= 11 is 0. The molecule has 1 nitrogen and oxygen atoms in total. The molecule has 53 heavy (non-hydrogen) atoms. The van der Waals surface area contributed by atoms with Crippen molar-refractivity contribution in [3.05, 3.63) is 173 Å². The Hall–Kier alpha value is -5.66.